The van der Waals surface area contributed by atoms with Crippen LogP contribution in [0.15, 0.2) is 24.3 Å². The van der Waals surface area contributed by atoms with Gasteiger partial charge < -0.3 is 16.0 Å². The molecular formula is C19H28ClN3O2. The molecule has 5 nitrogen and oxygen atoms in total. The average Bonchev–Trinajstić information content (AvgIpc) is 2.91. The molecule has 2 atom stereocenters. The summed E-state index contributed by atoms with van der Waals surface area (Å²) in [5.41, 5.74) is 1.38. The van der Waals surface area contributed by atoms with Crippen LogP contribution in [0, 0.1) is 5.92 Å². The fourth-order valence-corrected chi connectivity index (χ4v) is 3.86. The van der Waals surface area contributed by atoms with E-state index in [1.807, 2.05) is 6.92 Å². The van der Waals surface area contributed by atoms with Gasteiger partial charge in [0.25, 0.3) is 5.91 Å². The highest BCUT2D eigenvalue weighted by molar-refractivity contribution is 5.95. The van der Waals surface area contributed by atoms with E-state index in [1.165, 1.54) is 12.8 Å². The molecule has 6 heteroatoms. The molecule has 0 aliphatic carbocycles. The van der Waals surface area contributed by atoms with Crippen molar-refractivity contribution in [3.63, 3.8) is 0 Å². The molecule has 0 aromatic heterocycles. The van der Waals surface area contributed by atoms with Crippen LogP contribution >= 0.6 is 12.4 Å². The van der Waals surface area contributed by atoms with Gasteiger partial charge in [-0.05, 0) is 62.3 Å². The van der Waals surface area contributed by atoms with Gasteiger partial charge in [-0.2, -0.15) is 0 Å². The Hall–Kier alpha value is -1.59. The Morgan fingerprint density at radius 3 is 2.36 bits per heavy atom. The van der Waals surface area contributed by atoms with Crippen LogP contribution in [-0.2, 0) is 4.79 Å². The van der Waals surface area contributed by atoms with Gasteiger partial charge in [-0.25, -0.2) is 0 Å². The van der Waals surface area contributed by atoms with E-state index in [4.69, 9.17) is 0 Å². The smallest absolute Gasteiger partial charge is 0.251 e. The summed E-state index contributed by atoms with van der Waals surface area (Å²) < 4.78 is 0. The second-order valence-corrected chi connectivity index (χ2v) is 7.06. The van der Waals surface area contributed by atoms with Gasteiger partial charge in [-0.15, -0.1) is 12.4 Å². The normalized spacial score (nSPS) is 24.3. The van der Waals surface area contributed by atoms with Crippen LogP contribution in [0.2, 0.25) is 0 Å². The van der Waals surface area contributed by atoms with Crippen molar-refractivity contribution >= 4 is 29.9 Å². The molecule has 3 rings (SSSR count). The highest BCUT2D eigenvalue weighted by Gasteiger charge is 2.34. The van der Waals surface area contributed by atoms with Crippen molar-refractivity contribution in [2.24, 2.45) is 5.92 Å². The van der Waals surface area contributed by atoms with E-state index in [1.54, 1.807) is 24.3 Å². The van der Waals surface area contributed by atoms with Crippen LogP contribution in [0.5, 0.6) is 0 Å². The van der Waals surface area contributed by atoms with Crippen molar-refractivity contribution in [1.82, 2.24) is 10.6 Å². The molecule has 2 heterocycles. The predicted molar refractivity (Wildman–Crippen MR) is 102 cm³/mol. The van der Waals surface area contributed by atoms with Gasteiger partial charge in [0.15, 0.2) is 0 Å². The van der Waals surface area contributed by atoms with Crippen molar-refractivity contribution in [3.05, 3.63) is 29.8 Å². The maximum atomic E-state index is 12.3. The maximum absolute atomic E-state index is 12.3. The van der Waals surface area contributed by atoms with E-state index >= 15 is 0 Å². The number of halogens is 1. The number of amides is 2. The lowest BCUT2D eigenvalue weighted by molar-refractivity contribution is -0.117. The number of piperidine rings is 1. The van der Waals surface area contributed by atoms with E-state index in [9.17, 15) is 9.59 Å². The summed E-state index contributed by atoms with van der Waals surface area (Å²) in [4.78, 5) is 24.1. The molecule has 25 heavy (non-hydrogen) atoms. The second-order valence-electron chi connectivity index (χ2n) is 7.06. The number of carbonyl (C=O) groups is 2. The number of hydrogen-bond acceptors (Lipinski definition) is 3. The molecule has 2 aliphatic heterocycles. The first-order valence-corrected chi connectivity index (χ1v) is 9.08. The van der Waals surface area contributed by atoms with Crippen LogP contribution in [-0.4, -0.2) is 30.4 Å². The quantitative estimate of drug-likeness (QED) is 0.725. The maximum Gasteiger partial charge on any atom is 0.251 e. The third-order valence-electron chi connectivity index (χ3n) is 5.01. The Labute approximate surface area is 155 Å². The summed E-state index contributed by atoms with van der Waals surface area (Å²) in [5.74, 6) is 0.493. The Balaban J connectivity index is 0.00000225. The Morgan fingerprint density at radius 2 is 1.76 bits per heavy atom. The van der Waals surface area contributed by atoms with Gasteiger partial charge in [-0.1, -0.05) is 6.92 Å². The van der Waals surface area contributed by atoms with Crippen molar-refractivity contribution in [2.75, 3.05) is 11.9 Å². The van der Waals surface area contributed by atoms with Crippen LogP contribution < -0.4 is 16.0 Å². The van der Waals surface area contributed by atoms with Gasteiger partial charge in [0, 0.05) is 36.3 Å². The van der Waals surface area contributed by atoms with Crippen molar-refractivity contribution in [1.29, 1.82) is 0 Å². The number of anilines is 1. The van der Waals surface area contributed by atoms with E-state index in [2.05, 4.69) is 16.0 Å². The Kier molecular flexibility index (Phi) is 7.26. The lowest BCUT2D eigenvalue weighted by atomic mass is 9.89. The molecule has 1 aromatic carbocycles. The minimum atomic E-state index is -0.0695. The number of benzene rings is 1. The molecule has 2 aliphatic rings. The first-order chi connectivity index (χ1) is 11.6. The van der Waals surface area contributed by atoms with Crippen molar-refractivity contribution < 1.29 is 9.59 Å². The lowest BCUT2D eigenvalue weighted by Gasteiger charge is -2.28. The number of fused-ring (bicyclic) bond motifs is 2. The summed E-state index contributed by atoms with van der Waals surface area (Å²) in [7, 11) is 0. The van der Waals surface area contributed by atoms with Crippen molar-refractivity contribution in [3.8, 4) is 0 Å². The first-order valence-electron chi connectivity index (χ1n) is 9.08. The molecule has 0 spiro atoms. The van der Waals surface area contributed by atoms with Crippen LogP contribution in [0.3, 0.4) is 0 Å². The molecule has 2 amide bonds. The summed E-state index contributed by atoms with van der Waals surface area (Å²) in [5, 5.41) is 9.41. The average molecular weight is 366 g/mol. The van der Waals surface area contributed by atoms with E-state index in [-0.39, 0.29) is 24.2 Å². The topological polar surface area (TPSA) is 70.2 Å². The predicted octanol–water partition coefficient (Wildman–Crippen LogP) is 3.11. The van der Waals surface area contributed by atoms with Gasteiger partial charge in [-0.3, -0.25) is 9.59 Å². The molecule has 0 radical (unpaired) electrons. The third kappa shape index (κ3) is 5.44. The van der Waals surface area contributed by atoms with Gasteiger partial charge in [0.05, 0.1) is 0 Å². The zero-order valence-electron chi connectivity index (χ0n) is 14.7. The first kappa shape index (κ1) is 19.7. The number of hydrogen-bond donors (Lipinski definition) is 3. The van der Waals surface area contributed by atoms with Crippen LogP contribution in [0.25, 0.3) is 0 Å². The summed E-state index contributed by atoms with van der Waals surface area (Å²) in [6.07, 6.45) is 6.24. The van der Waals surface area contributed by atoms with E-state index < -0.39 is 0 Å². The molecule has 2 unspecified atom stereocenters. The molecule has 2 bridgehead atoms. The summed E-state index contributed by atoms with van der Waals surface area (Å²) in [6, 6.07) is 8.33. The highest BCUT2D eigenvalue weighted by Crippen LogP contribution is 2.32. The Bertz CT molecular complexity index is 579. The van der Waals surface area contributed by atoms with Gasteiger partial charge in [0.1, 0.15) is 0 Å². The zero-order chi connectivity index (χ0) is 16.9. The molecule has 2 fully saturated rings. The third-order valence-corrected chi connectivity index (χ3v) is 5.01. The van der Waals surface area contributed by atoms with E-state index in [0.717, 1.165) is 24.9 Å². The number of carbonyl (C=O) groups excluding carboxylic acids is 2. The highest BCUT2D eigenvalue weighted by atomic mass is 35.5. The number of rotatable bonds is 6. The van der Waals surface area contributed by atoms with Gasteiger partial charge in [0.2, 0.25) is 5.91 Å². The molecule has 0 saturated carbocycles. The molecular weight excluding hydrogens is 338 g/mol. The van der Waals surface area contributed by atoms with E-state index in [0.29, 0.717) is 36.5 Å². The molecule has 2 saturated heterocycles. The Morgan fingerprint density at radius 1 is 1.12 bits per heavy atom. The second kappa shape index (κ2) is 9.20. The molecule has 1 aromatic rings. The van der Waals surface area contributed by atoms with Crippen molar-refractivity contribution in [2.45, 2.75) is 57.5 Å². The zero-order valence-corrected chi connectivity index (χ0v) is 15.5. The fraction of sp³-hybridized carbons (Fsp3) is 0.579. The largest absolute Gasteiger partial charge is 0.352 e. The molecule has 138 valence electrons. The minimum absolute atomic E-state index is 0. The number of nitrogens with one attached hydrogen (secondary N) is 3. The summed E-state index contributed by atoms with van der Waals surface area (Å²) in [6.45, 7) is 2.70. The lowest BCUT2D eigenvalue weighted by Crippen LogP contribution is -2.39. The fourth-order valence-electron chi connectivity index (χ4n) is 3.86. The molecule has 3 N–H and O–H groups in total. The summed E-state index contributed by atoms with van der Waals surface area (Å²) >= 11 is 0. The monoisotopic (exact) mass is 365 g/mol. The van der Waals surface area contributed by atoms with Gasteiger partial charge >= 0.3 is 0 Å². The van der Waals surface area contributed by atoms with Crippen LogP contribution in [0.1, 0.15) is 55.8 Å². The SMILES string of the molecule is CCCNC(=O)c1ccc(NC(=O)CC2CC3CCC(C2)N3)cc1.Cl. The minimum Gasteiger partial charge on any atom is -0.352 e. The standard InChI is InChI=1S/C19H27N3O2.ClH/c1-2-9-20-19(24)14-3-5-15(6-4-14)22-18(23)12-13-10-16-7-8-17(11-13)21-16;/h3-6,13,16-17,21H,2,7-12H2,1H3,(H,20,24)(H,22,23);1H. The van der Waals surface area contributed by atoms with Crippen LogP contribution in [0.4, 0.5) is 5.69 Å².